The molecule has 2 fully saturated rings. The molecule has 2 aliphatic heterocycles. The molecule has 2 atom stereocenters. The maximum absolute atomic E-state index is 12.2. The molecule has 0 aromatic rings. The second-order valence-corrected chi connectivity index (χ2v) is 6.53. The van der Waals surface area contributed by atoms with Gasteiger partial charge in [-0.05, 0) is 51.6 Å². The lowest BCUT2D eigenvalue weighted by atomic mass is 9.92. The summed E-state index contributed by atoms with van der Waals surface area (Å²) in [6.45, 7) is 8.58. The summed E-state index contributed by atoms with van der Waals surface area (Å²) < 4.78 is 0. The Hall–Kier alpha value is -0.810. The Morgan fingerprint density at radius 1 is 1.24 bits per heavy atom. The highest BCUT2D eigenvalue weighted by Crippen LogP contribution is 2.20. The fraction of sp³-hybridized carbons (Fsp3) is 0.938. The zero-order valence-electron chi connectivity index (χ0n) is 13.6. The number of aliphatic hydroxyl groups excluding tert-OH is 1. The van der Waals surface area contributed by atoms with Crippen LogP contribution in [0.1, 0.15) is 46.0 Å². The molecule has 0 radical (unpaired) electrons. The molecule has 5 nitrogen and oxygen atoms in total. The molecule has 5 heteroatoms. The second-order valence-electron chi connectivity index (χ2n) is 6.53. The fourth-order valence-corrected chi connectivity index (χ4v) is 3.61. The number of rotatable bonds is 4. The van der Waals surface area contributed by atoms with Crippen LogP contribution < -0.4 is 5.32 Å². The maximum Gasteiger partial charge on any atom is 0.317 e. The number of piperidine rings is 2. The molecule has 0 aliphatic carbocycles. The standard InChI is InChI=1S/C16H31N3O2/c1-3-18-9-5-4-6-15(18)12-17-16(21)19-10-7-14(8-11-19)13(2)20/h13-15,20H,3-12H2,1-2H3,(H,17,21). The summed E-state index contributed by atoms with van der Waals surface area (Å²) in [6, 6.07) is 0.573. The molecule has 2 N–H and O–H groups in total. The van der Waals surface area contributed by atoms with E-state index in [9.17, 15) is 9.90 Å². The number of nitrogens with one attached hydrogen (secondary N) is 1. The zero-order valence-corrected chi connectivity index (χ0v) is 13.6. The van der Waals surface area contributed by atoms with E-state index >= 15 is 0 Å². The summed E-state index contributed by atoms with van der Waals surface area (Å²) in [5.41, 5.74) is 0. The summed E-state index contributed by atoms with van der Waals surface area (Å²) in [4.78, 5) is 16.6. The van der Waals surface area contributed by atoms with Gasteiger partial charge in [0.05, 0.1) is 6.10 Å². The van der Waals surface area contributed by atoms with Crippen LogP contribution in [0, 0.1) is 5.92 Å². The number of hydrogen-bond acceptors (Lipinski definition) is 3. The van der Waals surface area contributed by atoms with E-state index in [1.807, 2.05) is 11.8 Å². The van der Waals surface area contributed by atoms with Crippen LogP contribution in [0.3, 0.4) is 0 Å². The van der Waals surface area contributed by atoms with Gasteiger partial charge in [-0.3, -0.25) is 4.90 Å². The lowest BCUT2D eigenvalue weighted by Gasteiger charge is -2.36. The summed E-state index contributed by atoms with van der Waals surface area (Å²) in [7, 11) is 0. The smallest absolute Gasteiger partial charge is 0.317 e. The molecule has 2 unspecified atom stereocenters. The van der Waals surface area contributed by atoms with Gasteiger partial charge in [0.2, 0.25) is 0 Å². The first kappa shape index (κ1) is 16.6. The Kier molecular flexibility index (Phi) is 6.30. The highest BCUT2D eigenvalue weighted by molar-refractivity contribution is 5.74. The zero-order chi connectivity index (χ0) is 15.2. The van der Waals surface area contributed by atoms with Crippen molar-refractivity contribution in [1.82, 2.24) is 15.1 Å². The minimum absolute atomic E-state index is 0.0701. The van der Waals surface area contributed by atoms with Gasteiger partial charge in [-0.2, -0.15) is 0 Å². The van der Waals surface area contributed by atoms with Gasteiger partial charge in [-0.15, -0.1) is 0 Å². The third-order valence-corrected chi connectivity index (χ3v) is 5.15. The summed E-state index contributed by atoms with van der Waals surface area (Å²) in [6.07, 6.45) is 5.32. The van der Waals surface area contributed by atoms with E-state index in [4.69, 9.17) is 0 Å². The van der Waals surface area contributed by atoms with E-state index in [2.05, 4.69) is 17.1 Å². The fourth-order valence-electron chi connectivity index (χ4n) is 3.61. The van der Waals surface area contributed by atoms with Crippen LogP contribution in [0.4, 0.5) is 4.79 Å². The van der Waals surface area contributed by atoms with Gasteiger partial charge in [0.1, 0.15) is 0 Å². The van der Waals surface area contributed by atoms with Gasteiger partial charge in [0.25, 0.3) is 0 Å². The van der Waals surface area contributed by atoms with E-state index in [-0.39, 0.29) is 12.1 Å². The quantitative estimate of drug-likeness (QED) is 0.830. The predicted octanol–water partition coefficient (Wildman–Crippen LogP) is 1.66. The molecule has 0 spiro atoms. The number of carbonyl (C=O) groups excluding carboxylic acids is 1. The number of amides is 2. The van der Waals surface area contributed by atoms with Crippen molar-refractivity contribution in [1.29, 1.82) is 0 Å². The minimum atomic E-state index is -0.254. The number of likely N-dealkylation sites (N-methyl/N-ethyl adjacent to an activating group) is 1. The second kappa shape index (κ2) is 7.99. The van der Waals surface area contributed by atoms with Crippen LogP contribution in [0.25, 0.3) is 0 Å². The summed E-state index contributed by atoms with van der Waals surface area (Å²) in [5, 5.41) is 12.7. The third kappa shape index (κ3) is 4.58. The number of likely N-dealkylation sites (tertiary alicyclic amines) is 2. The molecule has 21 heavy (non-hydrogen) atoms. The summed E-state index contributed by atoms with van der Waals surface area (Å²) in [5.74, 6) is 0.350. The number of carbonyl (C=O) groups is 1. The topological polar surface area (TPSA) is 55.8 Å². The van der Waals surface area contributed by atoms with Crippen LogP contribution in [0.15, 0.2) is 0 Å². The lowest BCUT2D eigenvalue weighted by Crippen LogP contribution is -2.51. The Morgan fingerprint density at radius 2 is 1.95 bits per heavy atom. The van der Waals surface area contributed by atoms with Crippen molar-refractivity contribution in [3.8, 4) is 0 Å². The average molecular weight is 297 g/mol. The van der Waals surface area contributed by atoms with Crippen molar-refractivity contribution in [3.05, 3.63) is 0 Å². The Morgan fingerprint density at radius 3 is 2.57 bits per heavy atom. The van der Waals surface area contributed by atoms with Crippen LogP contribution >= 0.6 is 0 Å². The van der Waals surface area contributed by atoms with Crippen molar-refractivity contribution in [2.75, 3.05) is 32.7 Å². The van der Waals surface area contributed by atoms with E-state index in [0.717, 1.165) is 45.6 Å². The van der Waals surface area contributed by atoms with Gasteiger partial charge in [0.15, 0.2) is 0 Å². The van der Waals surface area contributed by atoms with E-state index < -0.39 is 0 Å². The normalized spacial score (nSPS) is 26.6. The molecule has 122 valence electrons. The van der Waals surface area contributed by atoms with Gasteiger partial charge >= 0.3 is 6.03 Å². The highest BCUT2D eigenvalue weighted by atomic mass is 16.3. The van der Waals surface area contributed by atoms with E-state index in [0.29, 0.717) is 12.0 Å². The third-order valence-electron chi connectivity index (χ3n) is 5.15. The molecule has 2 rings (SSSR count). The van der Waals surface area contributed by atoms with Crippen LogP contribution in [0.5, 0.6) is 0 Å². The molecule has 2 amide bonds. The number of hydrogen-bond donors (Lipinski definition) is 2. The molecule has 2 saturated heterocycles. The van der Waals surface area contributed by atoms with Crippen molar-refractivity contribution >= 4 is 6.03 Å². The molecular weight excluding hydrogens is 266 g/mol. The first-order valence-electron chi connectivity index (χ1n) is 8.56. The van der Waals surface area contributed by atoms with Gasteiger partial charge in [-0.25, -0.2) is 4.79 Å². The van der Waals surface area contributed by atoms with Crippen molar-refractivity contribution in [3.63, 3.8) is 0 Å². The van der Waals surface area contributed by atoms with Crippen LogP contribution in [-0.4, -0.2) is 65.8 Å². The molecule has 0 bridgehead atoms. The van der Waals surface area contributed by atoms with Crippen molar-refractivity contribution in [2.24, 2.45) is 5.92 Å². The molecule has 0 aromatic carbocycles. The number of nitrogens with zero attached hydrogens (tertiary/aromatic N) is 2. The van der Waals surface area contributed by atoms with E-state index in [1.165, 1.54) is 19.3 Å². The number of aliphatic hydroxyl groups is 1. The number of urea groups is 1. The average Bonchev–Trinajstić information content (AvgIpc) is 2.52. The van der Waals surface area contributed by atoms with Gasteiger partial charge in [0, 0.05) is 25.7 Å². The van der Waals surface area contributed by atoms with E-state index in [1.54, 1.807) is 0 Å². The first-order valence-corrected chi connectivity index (χ1v) is 8.56. The molecule has 0 aromatic heterocycles. The predicted molar refractivity (Wildman–Crippen MR) is 84.3 cm³/mol. The largest absolute Gasteiger partial charge is 0.393 e. The Labute approximate surface area is 128 Å². The molecule has 0 saturated carbocycles. The maximum atomic E-state index is 12.2. The van der Waals surface area contributed by atoms with Crippen molar-refractivity contribution < 1.29 is 9.90 Å². The van der Waals surface area contributed by atoms with Crippen LogP contribution in [-0.2, 0) is 0 Å². The monoisotopic (exact) mass is 297 g/mol. The highest BCUT2D eigenvalue weighted by Gasteiger charge is 2.26. The molecular formula is C16H31N3O2. The summed E-state index contributed by atoms with van der Waals surface area (Å²) >= 11 is 0. The molecule has 2 heterocycles. The first-order chi connectivity index (χ1) is 10.1. The Balaban J connectivity index is 1.72. The Bertz CT molecular complexity index is 327. The molecule has 2 aliphatic rings. The van der Waals surface area contributed by atoms with Crippen LogP contribution in [0.2, 0.25) is 0 Å². The SMILES string of the molecule is CCN1CCCCC1CNC(=O)N1CCC(C(C)O)CC1. The lowest BCUT2D eigenvalue weighted by molar-refractivity contribution is 0.0789. The van der Waals surface area contributed by atoms with Crippen molar-refractivity contribution in [2.45, 2.75) is 58.1 Å². The van der Waals surface area contributed by atoms with Gasteiger partial charge in [-0.1, -0.05) is 13.3 Å². The minimum Gasteiger partial charge on any atom is -0.393 e. The van der Waals surface area contributed by atoms with Gasteiger partial charge < -0.3 is 15.3 Å².